The van der Waals surface area contributed by atoms with Gasteiger partial charge < -0.3 is 13.9 Å². The van der Waals surface area contributed by atoms with Gasteiger partial charge in [-0.15, -0.1) is 0 Å². The van der Waals surface area contributed by atoms with Crippen LogP contribution in [0.4, 0.5) is 0 Å². The van der Waals surface area contributed by atoms with Gasteiger partial charge in [0.1, 0.15) is 5.58 Å². The van der Waals surface area contributed by atoms with Crippen LogP contribution in [0.2, 0.25) is 5.02 Å². The summed E-state index contributed by atoms with van der Waals surface area (Å²) in [4.78, 5) is 14.3. The van der Waals surface area contributed by atoms with Gasteiger partial charge in [-0.3, -0.25) is 4.90 Å². The zero-order valence-electron chi connectivity index (χ0n) is 17.3. The highest BCUT2D eigenvalue weighted by Gasteiger charge is 2.13. The largest absolute Gasteiger partial charge is 0.493 e. The molecule has 0 bridgehead atoms. The zero-order valence-corrected chi connectivity index (χ0v) is 18.0. The van der Waals surface area contributed by atoms with Gasteiger partial charge in [-0.05, 0) is 61.3 Å². The first-order chi connectivity index (χ1) is 13.9. The lowest BCUT2D eigenvalue weighted by molar-refractivity contribution is 0.270. The number of methoxy groups -OCH3 is 1. The van der Waals surface area contributed by atoms with E-state index in [0.717, 1.165) is 34.4 Å². The second kappa shape index (κ2) is 9.33. The molecule has 0 aliphatic rings. The Morgan fingerprint density at radius 3 is 2.55 bits per heavy atom. The fourth-order valence-corrected chi connectivity index (χ4v) is 3.51. The molecule has 0 aliphatic carbocycles. The lowest BCUT2D eigenvalue weighted by atomic mass is 10.1. The first-order valence-corrected chi connectivity index (χ1v) is 10.1. The number of nitrogens with zero attached hydrogens (tertiary/aromatic N) is 1. The van der Waals surface area contributed by atoms with Crippen LogP contribution in [-0.2, 0) is 13.1 Å². The van der Waals surface area contributed by atoms with Crippen molar-refractivity contribution in [3.8, 4) is 11.5 Å². The number of hydrogen-bond acceptors (Lipinski definition) is 5. The van der Waals surface area contributed by atoms with Crippen molar-refractivity contribution in [1.82, 2.24) is 4.90 Å². The zero-order chi connectivity index (χ0) is 21.0. The number of fused-ring (bicyclic) bond motifs is 1. The first kappa shape index (κ1) is 21.2. The average molecular weight is 416 g/mol. The second-order valence-corrected chi connectivity index (χ2v) is 7.32. The van der Waals surface area contributed by atoms with Crippen LogP contribution >= 0.6 is 11.6 Å². The molecule has 0 spiro atoms. The summed E-state index contributed by atoms with van der Waals surface area (Å²) in [5.74, 6) is 1.45. The van der Waals surface area contributed by atoms with E-state index in [1.807, 2.05) is 44.2 Å². The van der Waals surface area contributed by atoms with Crippen LogP contribution in [0.5, 0.6) is 11.5 Å². The van der Waals surface area contributed by atoms with Crippen molar-refractivity contribution in [1.29, 1.82) is 0 Å². The molecule has 29 heavy (non-hydrogen) atoms. The molecule has 0 saturated heterocycles. The molecule has 1 aromatic heterocycles. The van der Waals surface area contributed by atoms with Crippen molar-refractivity contribution in [2.24, 2.45) is 0 Å². The van der Waals surface area contributed by atoms with E-state index >= 15 is 0 Å². The van der Waals surface area contributed by atoms with Gasteiger partial charge in [0, 0.05) is 29.6 Å². The summed E-state index contributed by atoms with van der Waals surface area (Å²) in [6.45, 7) is 8.65. The quantitative estimate of drug-likeness (QED) is 0.474. The standard InChI is InChI=1S/C23H26ClNO4/c1-5-25(13-16-7-8-20(28-6-2)22(10-16)27-4)14-17-11-23(26)29-21-9-15(3)19(24)12-18(17)21/h7-12H,5-6,13-14H2,1-4H3. The maximum atomic E-state index is 12.1. The van der Waals surface area contributed by atoms with Gasteiger partial charge >= 0.3 is 5.63 Å². The molecule has 3 rings (SSSR count). The molecule has 0 radical (unpaired) electrons. The summed E-state index contributed by atoms with van der Waals surface area (Å²) in [5, 5.41) is 1.52. The average Bonchev–Trinajstić information content (AvgIpc) is 2.70. The lowest BCUT2D eigenvalue weighted by Gasteiger charge is -2.22. The minimum atomic E-state index is -0.354. The Hall–Kier alpha value is -2.50. The van der Waals surface area contributed by atoms with E-state index in [9.17, 15) is 4.79 Å². The number of benzene rings is 2. The van der Waals surface area contributed by atoms with Crippen molar-refractivity contribution in [2.75, 3.05) is 20.3 Å². The summed E-state index contributed by atoms with van der Waals surface area (Å²) in [6, 6.07) is 11.2. The fourth-order valence-electron chi connectivity index (χ4n) is 3.34. The molecule has 0 atom stereocenters. The van der Waals surface area contributed by atoms with Gasteiger partial charge in [-0.25, -0.2) is 4.79 Å². The van der Waals surface area contributed by atoms with Gasteiger partial charge in [0.25, 0.3) is 0 Å². The van der Waals surface area contributed by atoms with E-state index in [4.69, 9.17) is 25.5 Å². The molecule has 154 valence electrons. The van der Waals surface area contributed by atoms with Gasteiger partial charge in [0.2, 0.25) is 0 Å². The fraction of sp³-hybridized carbons (Fsp3) is 0.348. The van der Waals surface area contributed by atoms with E-state index in [1.54, 1.807) is 13.2 Å². The normalized spacial score (nSPS) is 11.2. The van der Waals surface area contributed by atoms with Crippen molar-refractivity contribution in [3.63, 3.8) is 0 Å². The molecule has 0 fully saturated rings. The Bertz CT molecular complexity index is 1060. The van der Waals surface area contributed by atoms with Crippen LogP contribution in [0.25, 0.3) is 11.0 Å². The number of halogens is 1. The smallest absolute Gasteiger partial charge is 0.336 e. The third-order valence-electron chi connectivity index (χ3n) is 4.88. The molecular formula is C23H26ClNO4. The van der Waals surface area contributed by atoms with E-state index < -0.39 is 0 Å². The Morgan fingerprint density at radius 1 is 1.07 bits per heavy atom. The second-order valence-electron chi connectivity index (χ2n) is 6.91. The molecule has 0 unspecified atom stereocenters. The lowest BCUT2D eigenvalue weighted by Crippen LogP contribution is -2.23. The molecule has 5 nitrogen and oxygen atoms in total. The van der Waals surface area contributed by atoms with E-state index in [2.05, 4.69) is 11.8 Å². The van der Waals surface area contributed by atoms with Gasteiger partial charge in [0.15, 0.2) is 11.5 Å². The first-order valence-electron chi connectivity index (χ1n) is 9.70. The molecule has 1 heterocycles. The SMILES string of the molecule is CCOc1ccc(CN(CC)Cc2cc(=O)oc3cc(C)c(Cl)cc23)cc1OC. The number of rotatable bonds is 8. The Kier molecular flexibility index (Phi) is 6.83. The molecule has 0 N–H and O–H groups in total. The van der Waals surface area contributed by atoms with E-state index in [-0.39, 0.29) is 5.63 Å². The number of hydrogen-bond donors (Lipinski definition) is 0. The third kappa shape index (κ3) is 4.92. The van der Waals surface area contributed by atoms with E-state index in [1.165, 1.54) is 0 Å². The highest BCUT2D eigenvalue weighted by atomic mass is 35.5. The van der Waals surface area contributed by atoms with Crippen LogP contribution in [-0.4, -0.2) is 25.2 Å². The predicted molar refractivity (Wildman–Crippen MR) is 116 cm³/mol. The van der Waals surface area contributed by atoms with Gasteiger partial charge in [-0.1, -0.05) is 24.6 Å². The molecule has 0 aliphatic heterocycles. The monoisotopic (exact) mass is 415 g/mol. The topological polar surface area (TPSA) is 51.9 Å². The van der Waals surface area contributed by atoms with Crippen molar-refractivity contribution >= 4 is 22.6 Å². The molecule has 0 amide bonds. The Balaban J connectivity index is 1.89. The maximum absolute atomic E-state index is 12.1. The molecule has 6 heteroatoms. The molecular weight excluding hydrogens is 390 g/mol. The van der Waals surface area contributed by atoms with Crippen molar-refractivity contribution in [2.45, 2.75) is 33.9 Å². The van der Waals surface area contributed by atoms with Crippen LogP contribution in [0.3, 0.4) is 0 Å². The summed E-state index contributed by atoms with van der Waals surface area (Å²) >= 11 is 6.31. The highest BCUT2D eigenvalue weighted by Crippen LogP contribution is 2.29. The predicted octanol–water partition coefficient (Wildman–Crippen LogP) is 5.18. The van der Waals surface area contributed by atoms with Crippen LogP contribution < -0.4 is 15.1 Å². The summed E-state index contributed by atoms with van der Waals surface area (Å²) in [7, 11) is 1.64. The number of aryl methyl sites for hydroxylation is 1. The Morgan fingerprint density at radius 2 is 1.86 bits per heavy atom. The minimum Gasteiger partial charge on any atom is -0.493 e. The molecule has 0 saturated carbocycles. The third-order valence-corrected chi connectivity index (χ3v) is 5.29. The van der Waals surface area contributed by atoms with Crippen molar-refractivity contribution in [3.05, 3.63) is 68.5 Å². The summed E-state index contributed by atoms with van der Waals surface area (Å²) in [5.41, 5.74) is 3.10. The van der Waals surface area contributed by atoms with Crippen LogP contribution in [0, 0.1) is 6.92 Å². The molecule has 2 aromatic carbocycles. The minimum absolute atomic E-state index is 0.354. The van der Waals surface area contributed by atoms with E-state index in [0.29, 0.717) is 36.1 Å². The van der Waals surface area contributed by atoms with Crippen LogP contribution in [0.15, 0.2) is 45.6 Å². The summed E-state index contributed by atoms with van der Waals surface area (Å²) < 4.78 is 16.4. The van der Waals surface area contributed by atoms with Gasteiger partial charge in [-0.2, -0.15) is 0 Å². The van der Waals surface area contributed by atoms with Gasteiger partial charge in [0.05, 0.1) is 13.7 Å². The highest BCUT2D eigenvalue weighted by molar-refractivity contribution is 6.32. The van der Waals surface area contributed by atoms with Crippen molar-refractivity contribution < 1.29 is 13.9 Å². The van der Waals surface area contributed by atoms with Crippen LogP contribution in [0.1, 0.15) is 30.5 Å². The summed E-state index contributed by atoms with van der Waals surface area (Å²) in [6.07, 6.45) is 0. The Labute approximate surface area is 175 Å². The maximum Gasteiger partial charge on any atom is 0.336 e. The molecule has 3 aromatic rings. The number of ether oxygens (including phenoxy) is 2.